The average molecular weight is 244 g/mol. The third-order valence-corrected chi connectivity index (χ3v) is 2.80. The van der Waals surface area contributed by atoms with Crippen molar-refractivity contribution in [3.8, 4) is 0 Å². The highest BCUT2D eigenvalue weighted by atomic mass is 35.5. The lowest BCUT2D eigenvalue weighted by molar-refractivity contribution is 0.764. The van der Waals surface area contributed by atoms with Crippen molar-refractivity contribution in [2.75, 3.05) is 0 Å². The topological polar surface area (TPSA) is 76.5 Å². The van der Waals surface area contributed by atoms with Crippen LogP contribution in [0.15, 0.2) is 27.2 Å². The van der Waals surface area contributed by atoms with Gasteiger partial charge in [-0.05, 0) is 29.4 Å². The summed E-state index contributed by atoms with van der Waals surface area (Å²) in [6.07, 6.45) is 1.54. The molecule has 2 aromatic rings. The molecular formula is C7H6ClN5OS. The van der Waals surface area contributed by atoms with E-state index in [2.05, 4.69) is 20.2 Å². The van der Waals surface area contributed by atoms with E-state index < -0.39 is 0 Å². The first-order chi connectivity index (χ1) is 7.16. The Balaban J connectivity index is 2.29. The molecule has 0 saturated carbocycles. The highest BCUT2D eigenvalue weighted by Gasteiger charge is 2.07. The van der Waals surface area contributed by atoms with Gasteiger partial charge >= 0.3 is 5.69 Å². The summed E-state index contributed by atoms with van der Waals surface area (Å²) in [5.74, 6) is 0. The van der Waals surface area contributed by atoms with Gasteiger partial charge in [0.15, 0.2) is 5.16 Å². The highest BCUT2D eigenvalue weighted by molar-refractivity contribution is 7.99. The Morgan fingerprint density at radius 2 is 2.40 bits per heavy atom. The van der Waals surface area contributed by atoms with E-state index in [1.54, 1.807) is 19.3 Å². The molecule has 15 heavy (non-hydrogen) atoms. The van der Waals surface area contributed by atoms with E-state index in [1.807, 2.05) is 0 Å². The first kappa shape index (κ1) is 10.2. The molecule has 2 rings (SSSR count). The van der Waals surface area contributed by atoms with Gasteiger partial charge in [-0.1, -0.05) is 0 Å². The van der Waals surface area contributed by atoms with Crippen molar-refractivity contribution in [3.05, 3.63) is 28.0 Å². The van der Waals surface area contributed by atoms with Crippen LogP contribution in [-0.4, -0.2) is 24.7 Å². The van der Waals surface area contributed by atoms with Crippen LogP contribution >= 0.6 is 23.4 Å². The van der Waals surface area contributed by atoms with Gasteiger partial charge in [0.25, 0.3) is 0 Å². The zero-order chi connectivity index (χ0) is 10.8. The molecule has 0 fully saturated rings. The van der Waals surface area contributed by atoms with Gasteiger partial charge in [0, 0.05) is 13.2 Å². The molecule has 0 amide bonds. The van der Waals surface area contributed by atoms with Crippen LogP contribution in [0.2, 0.25) is 5.28 Å². The zero-order valence-corrected chi connectivity index (χ0v) is 9.21. The smallest absolute Gasteiger partial charge is 0.273 e. The van der Waals surface area contributed by atoms with E-state index in [1.165, 1.54) is 16.3 Å². The zero-order valence-electron chi connectivity index (χ0n) is 7.64. The second kappa shape index (κ2) is 4.03. The summed E-state index contributed by atoms with van der Waals surface area (Å²) >= 11 is 6.86. The first-order valence-corrected chi connectivity index (χ1v) is 5.14. The molecule has 0 radical (unpaired) electrons. The summed E-state index contributed by atoms with van der Waals surface area (Å²) in [5.41, 5.74) is -0.266. The number of nitrogens with one attached hydrogen (secondary N) is 1. The van der Waals surface area contributed by atoms with Crippen LogP contribution in [0, 0.1) is 0 Å². The number of aromatic nitrogens is 5. The summed E-state index contributed by atoms with van der Waals surface area (Å²) in [6, 6.07) is 1.69. The SMILES string of the molecule is Cn1c(Sc2ccnc(Cl)n2)n[nH]c1=O. The van der Waals surface area contributed by atoms with Gasteiger partial charge < -0.3 is 0 Å². The standard InChI is InChI=1S/C7H6ClN5OS/c1-13-6(14)11-12-7(13)15-4-2-3-9-5(8)10-4/h2-3H,1H3,(H,11,14). The third kappa shape index (κ3) is 2.18. The molecule has 8 heteroatoms. The lowest BCUT2D eigenvalue weighted by Crippen LogP contribution is -2.12. The van der Waals surface area contributed by atoms with E-state index in [0.717, 1.165) is 0 Å². The summed E-state index contributed by atoms with van der Waals surface area (Å²) in [7, 11) is 1.62. The fraction of sp³-hybridized carbons (Fsp3) is 0.143. The van der Waals surface area contributed by atoms with E-state index >= 15 is 0 Å². The molecule has 0 aliphatic heterocycles. The Kier molecular flexibility index (Phi) is 2.74. The fourth-order valence-corrected chi connectivity index (χ4v) is 1.85. The average Bonchev–Trinajstić information content (AvgIpc) is 2.50. The maximum atomic E-state index is 11.1. The lowest BCUT2D eigenvalue weighted by atomic mass is 10.7. The molecule has 6 nitrogen and oxygen atoms in total. The summed E-state index contributed by atoms with van der Waals surface area (Å²) in [6.45, 7) is 0. The van der Waals surface area contributed by atoms with E-state index in [9.17, 15) is 4.79 Å². The molecule has 0 atom stereocenters. The highest BCUT2D eigenvalue weighted by Crippen LogP contribution is 2.22. The molecule has 2 aromatic heterocycles. The number of hydrogen-bond acceptors (Lipinski definition) is 5. The minimum absolute atomic E-state index is 0.167. The van der Waals surface area contributed by atoms with Gasteiger partial charge in [-0.3, -0.25) is 4.57 Å². The molecule has 1 N–H and O–H groups in total. The largest absolute Gasteiger partial charge is 0.343 e. The first-order valence-electron chi connectivity index (χ1n) is 3.94. The number of hydrogen-bond donors (Lipinski definition) is 1. The number of H-pyrrole nitrogens is 1. The van der Waals surface area contributed by atoms with Gasteiger partial charge in [-0.15, -0.1) is 5.10 Å². The van der Waals surface area contributed by atoms with Crippen molar-refractivity contribution in [1.29, 1.82) is 0 Å². The number of aromatic amines is 1. The van der Waals surface area contributed by atoms with Gasteiger partial charge in [0.1, 0.15) is 5.03 Å². The van der Waals surface area contributed by atoms with Crippen LogP contribution < -0.4 is 5.69 Å². The van der Waals surface area contributed by atoms with Crippen LogP contribution in [0.25, 0.3) is 0 Å². The molecule has 0 bridgehead atoms. The third-order valence-electron chi connectivity index (χ3n) is 1.64. The Labute approximate surface area is 93.7 Å². The Morgan fingerprint density at radius 3 is 3.00 bits per heavy atom. The van der Waals surface area contributed by atoms with E-state index in [4.69, 9.17) is 11.6 Å². The number of nitrogens with zero attached hydrogens (tertiary/aromatic N) is 4. The molecule has 0 aliphatic rings. The van der Waals surface area contributed by atoms with Gasteiger partial charge in [0.2, 0.25) is 5.28 Å². The van der Waals surface area contributed by atoms with Crippen LogP contribution in [0.1, 0.15) is 0 Å². The molecule has 2 heterocycles. The molecule has 0 aliphatic carbocycles. The van der Waals surface area contributed by atoms with Crippen molar-refractivity contribution >= 4 is 23.4 Å². The van der Waals surface area contributed by atoms with Crippen molar-refractivity contribution in [1.82, 2.24) is 24.7 Å². The monoisotopic (exact) mass is 243 g/mol. The molecule has 0 unspecified atom stereocenters. The second-order valence-corrected chi connectivity index (χ2v) is 3.96. The maximum absolute atomic E-state index is 11.1. The van der Waals surface area contributed by atoms with Gasteiger partial charge in [-0.25, -0.2) is 19.9 Å². The molecule has 0 aromatic carbocycles. The summed E-state index contributed by atoms with van der Waals surface area (Å²) < 4.78 is 1.39. The van der Waals surface area contributed by atoms with E-state index in [-0.39, 0.29) is 11.0 Å². The summed E-state index contributed by atoms with van der Waals surface area (Å²) in [4.78, 5) is 18.8. The normalized spacial score (nSPS) is 10.5. The molecule has 0 spiro atoms. The van der Waals surface area contributed by atoms with Gasteiger partial charge in [-0.2, -0.15) is 0 Å². The van der Waals surface area contributed by atoms with E-state index in [0.29, 0.717) is 10.2 Å². The predicted molar refractivity (Wildman–Crippen MR) is 55.0 cm³/mol. The van der Waals surface area contributed by atoms with Crippen molar-refractivity contribution in [3.63, 3.8) is 0 Å². The van der Waals surface area contributed by atoms with Gasteiger partial charge in [0.05, 0.1) is 0 Å². The predicted octanol–water partition coefficient (Wildman–Crippen LogP) is 0.703. The van der Waals surface area contributed by atoms with Crippen LogP contribution in [0.5, 0.6) is 0 Å². The quantitative estimate of drug-likeness (QED) is 0.621. The number of rotatable bonds is 2. The lowest BCUT2D eigenvalue weighted by Gasteiger charge is -1.98. The second-order valence-electron chi connectivity index (χ2n) is 2.64. The Hall–Kier alpha value is -1.34. The van der Waals surface area contributed by atoms with Crippen molar-refractivity contribution in [2.24, 2.45) is 7.05 Å². The Morgan fingerprint density at radius 1 is 1.60 bits per heavy atom. The Bertz CT molecular complexity index is 536. The number of halogens is 1. The maximum Gasteiger partial charge on any atom is 0.343 e. The van der Waals surface area contributed by atoms with Crippen LogP contribution in [0.3, 0.4) is 0 Å². The fourth-order valence-electron chi connectivity index (χ4n) is 0.894. The van der Waals surface area contributed by atoms with Crippen molar-refractivity contribution in [2.45, 2.75) is 10.2 Å². The molecule has 78 valence electrons. The summed E-state index contributed by atoms with van der Waals surface area (Å²) in [5, 5.41) is 7.48. The minimum atomic E-state index is -0.266. The van der Waals surface area contributed by atoms with Crippen LogP contribution in [-0.2, 0) is 7.05 Å². The van der Waals surface area contributed by atoms with Crippen LogP contribution in [0.4, 0.5) is 0 Å². The molecule has 0 saturated heterocycles. The minimum Gasteiger partial charge on any atom is -0.273 e. The molecular weight excluding hydrogens is 238 g/mol. The van der Waals surface area contributed by atoms with Crippen molar-refractivity contribution < 1.29 is 0 Å².